The molecule has 3 fully saturated rings. The molecule has 0 spiro atoms. The van der Waals surface area contributed by atoms with Crippen molar-refractivity contribution >= 4 is 5.91 Å². The molecule has 0 aromatic rings. The predicted octanol–water partition coefficient (Wildman–Crippen LogP) is 6.12. The molecule has 5 rings (SSSR count). The molecule has 0 aromatic heterocycles. The van der Waals surface area contributed by atoms with Crippen LogP contribution in [0.1, 0.15) is 86.0 Å². The van der Waals surface area contributed by atoms with E-state index in [-0.39, 0.29) is 5.91 Å². The van der Waals surface area contributed by atoms with E-state index in [0.717, 1.165) is 23.5 Å². The molecule has 176 valence electrons. The lowest BCUT2D eigenvalue weighted by Gasteiger charge is -2.58. The minimum absolute atomic E-state index is 0.0468. The maximum atomic E-state index is 12.0. The van der Waals surface area contributed by atoms with Crippen molar-refractivity contribution in [2.24, 2.45) is 52.1 Å². The van der Waals surface area contributed by atoms with Crippen LogP contribution in [0.25, 0.3) is 0 Å². The van der Waals surface area contributed by atoms with E-state index in [1.165, 1.54) is 56.9 Å². The fraction of sp³-hybridized carbons (Fsp3) is 0.759. The summed E-state index contributed by atoms with van der Waals surface area (Å²) in [6, 6.07) is 0.419. The molecule has 8 atom stereocenters. The zero-order valence-electron chi connectivity index (χ0n) is 20.9. The molecular weight excluding hydrogens is 392 g/mol. The number of hydrogen-bond donors (Lipinski definition) is 2. The van der Waals surface area contributed by atoms with Crippen molar-refractivity contribution in [1.29, 1.82) is 0 Å². The highest BCUT2D eigenvalue weighted by Crippen LogP contribution is 2.66. The third-order valence-corrected chi connectivity index (χ3v) is 10.7. The zero-order chi connectivity index (χ0) is 22.8. The second-order valence-electron chi connectivity index (χ2n) is 12.7. The first-order chi connectivity index (χ1) is 15.1. The number of hydrogen-bond acceptors (Lipinski definition) is 2. The highest BCUT2D eigenvalue weighted by Gasteiger charge is 2.58. The van der Waals surface area contributed by atoms with Gasteiger partial charge >= 0.3 is 0 Å². The maximum absolute atomic E-state index is 12.0. The van der Waals surface area contributed by atoms with Crippen LogP contribution in [0.5, 0.6) is 0 Å². The highest BCUT2D eigenvalue weighted by molar-refractivity contribution is 5.94. The van der Waals surface area contributed by atoms with Crippen LogP contribution in [0.3, 0.4) is 0 Å². The Bertz CT molecular complexity index is 882. The average molecular weight is 437 g/mol. The Morgan fingerprint density at radius 2 is 1.78 bits per heavy atom. The predicted molar refractivity (Wildman–Crippen MR) is 131 cm³/mol. The van der Waals surface area contributed by atoms with Crippen molar-refractivity contribution in [3.8, 4) is 0 Å². The average Bonchev–Trinajstić information content (AvgIpc) is 3.27. The van der Waals surface area contributed by atoms with E-state index in [2.05, 4.69) is 52.1 Å². The fourth-order valence-corrected chi connectivity index (χ4v) is 8.90. The van der Waals surface area contributed by atoms with Gasteiger partial charge in [-0.05, 0) is 103 Å². The van der Waals surface area contributed by atoms with Crippen molar-refractivity contribution in [1.82, 2.24) is 5.32 Å². The molecule has 3 saturated carbocycles. The molecule has 32 heavy (non-hydrogen) atoms. The van der Waals surface area contributed by atoms with Crippen molar-refractivity contribution < 1.29 is 4.79 Å². The second-order valence-corrected chi connectivity index (χ2v) is 12.7. The third-order valence-electron chi connectivity index (χ3n) is 10.7. The van der Waals surface area contributed by atoms with Gasteiger partial charge < -0.3 is 11.1 Å². The number of nitrogens with two attached hydrogens (primary N) is 1. The Labute approximate surface area is 195 Å². The standard InChI is InChI=1S/C29H44N2O/c1-17(2)22-16-27(32)31-26(22)14-18(3)23-8-9-24-21-7-6-19-15-20(30)10-12-28(19,4)25(21)11-13-29(23,24)5/h7,14,16-20,23-25H,6,8-13,15,30H2,1-5H3,(H,31,32)/b26-14-/t18?,19?,20-,23-,24?,25?,28+,29-/m1/s1. The quantitative estimate of drug-likeness (QED) is 0.523. The molecule has 1 amide bonds. The molecule has 0 aromatic carbocycles. The Morgan fingerprint density at radius 3 is 2.53 bits per heavy atom. The van der Waals surface area contributed by atoms with Gasteiger partial charge in [0.05, 0.1) is 0 Å². The van der Waals surface area contributed by atoms with Gasteiger partial charge in [0.1, 0.15) is 0 Å². The molecule has 4 unspecified atom stereocenters. The summed E-state index contributed by atoms with van der Waals surface area (Å²) in [6.07, 6.45) is 17.2. The summed E-state index contributed by atoms with van der Waals surface area (Å²) in [7, 11) is 0. The number of fused-ring (bicyclic) bond motifs is 5. The number of allylic oxidation sites excluding steroid dienone is 4. The summed E-state index contributed by atoms with van der Waals surface area (Å²) in [4.78, 5) is 12.0. The normalized spacial score (nSPS) is 45.7. The smallest absolute Gasteiger partial charge is 0.248 e. The summed E-state index contributed by atoms with van der Waals surface area (Å²) < 4.78 is 0. The monoisotopic (exact) mass is 436 g/mol. The molecule has 3 heteroatoms. The van der Waals surface area contributed by atoms with Crippen LogP contribution in [-0.2, 0) is 4.79 Å². The van der Waals surface area contributed by atoms with E-state index in [0.29, 0.717) is 34.6 Å². The van der Waals surface area contributed by atoms with Crippen LogP contribution in [0.2, 0.25) is 0 Å². The van der Waals surface area contributed by atoms with E-state index in [1.54, 1.807) is 6.08 Å². The van der Waals surface area contributed by atoms with Gasteiger partial charge in [-0.2, -0.15) is 0 Å². The van der Waals surface area contributed by atoms with Gasteiger partial charge in [-0.1, -0.05) is 52.3 Å². The van der Waals surface area contributed by atoms with Crippen LogP contribution in [0.4, 0.5) is 0 Å². The Hall–Kier alpha value is -1.35. The molecule has 0 saturated heterocycles. The largest absolute Gasteiger partial charge is 0.328 e. The number of carbonyl (C=O) groups excluding carboxylic acids is 1. The van der Waals surface area contributed by atoms with E-state index in [1.807, 2.05) is 5.57 Å². The van der Waals surface area contributed by atoms with Gasteiger partial charge in [0.2, 0.25) is 5.91 Å². The van der Waals surface area contributed by atoms with Gasteiger partial charge in [0.15, 0.2) is 0 Å². The molecule has 4 aliphatic carbocycles. The van der Waals surface area contributed by atoms with E-state index in [9.17, 15) is 4.79 Å². The van der Waals surface area contributed by atoms with Crippen molar-refractivity contribution in [2.75, 3.05) is 0 Å². The Morgan fingerprint density at radius 1 is 1.06 bits per heavy atom. The van der Waals surface area contributed by atoms with Crippen molar-refractivity contribution in [3.05, 3.63) is 35.1 Å². The number of rotatable bonds is 3. The van der Waals surface area contributed by atoms with Gasteiger partial charge in [-0.15, -0.1) is 0 Å². The topological polar surface area (TPSA) is 55.1 Å². The van der Waals surface area contributed by atoms with Gasteiger partial charge in [-0.3, -0.25) is 4.79 Å². The van der Waals surface area contributed by atoms with Gasteiger partial charge in [-0.25, -0.2) is 0 Å². The second kappa shape index (κ2) is 7.86. The van der Waals surface area contributed by atoms with E-state index >= 15 is 0 Å². The summed E-state index contributed by atoms with van der Waals surface area (Å²) in [6.45, 7) is 12.0. The summed E-state index contributed by atoms with van der Waals surface area (Å²) in [5, 5.41) is 3.12. The van der Waals surface area contributed by atoms with Crippen LogP contribution in [0.15, 0.2) is 35.1 Å². The van der Waals surface area contributed by atoms with Gasteiger partial charge in [0.25, 0.3) is 0 Å². The third kappa shape index (κ3) is 3.37. The molecule has 0 radical (unpaired) electrons. The molecule has 1 aliphatic heterocycles. The molecule has 3 N–H and O–H groups in total. The first-order valence-electron chi connectivity index (χ1n) is 13.3. The fourth-order valence-electron chi connectivity index (χ4n) is 8.90. The highest BCUT2D eigenvalue weighted by atomic mass is 16.1. The SMILES string of the molecule is CC(C)C1=CC(=O)N/C1=C\C(C)[C@H]1CCC2C3=CCC4C[C@H](N)CC[C@]4(C)C3CC[C@@]21C. The Balaban J connectivity index is 1.39. The van der Waals surface area contributed by atoms with Crippen LogP contribution in [0, 0.1) is 46.3 Å². The lowest BCUT2D eigenvalue weighted by atomic mass is 9.47. The lowest BCUT2D eigenvalue weighted by Crippen LogP contribution is -2.50. The van der Waals surface area contributed by atoms with E-state index < -0.39 is 0 Å². The molecular formula is C29H44N2O. The van der Waals surface area contributed by atoms with Crippen LogP contribution >= 0.6 is 0 Å². The summed E-state index contributed by atoms with van der Waals surface area (Å²) in [5.74, 6) is 3.92. The number of nitrogens with one attached hydrogen (secondary N) is 1. The zero-order valence-corrected chi connectivity index (χ0v) is 20.9. The number of carbonyl (C=O) groups is 1. The molecule has 0 bridgehead atoms. The maximum Gasteiger partial charge on any atom is 0.248 e. The Kier molecular flexibility index (Phi) is 5.51. The molecule has 3 nitrogen and oxygen atoms in total. The van der Waals surface area contributed by atoms with E-state index in [4.69, 9.17) is 5.73 Å². The number of amides is 1. The summed E-state index contributed by atoms with van der Waals surface area (Å²) >= 11 is 0. The first-order valence-corrected chi connectivity index (χ1v) is 13.3. The van der Waals surface area contributed by atoms with Crippen LogP contribution in [-0.4, -0.2) is 11.9 Å². The lowest BCUT2D eigenvalue weighted by molar-refractivity contribution is -0.115. The van der Waals surface area contributed by atoms with Gasteiger partial charge in [0, 0.05) is 17.8 Å². The molecule has 5 aliphatic rings. The molecule has 1 heterocycles. The van der Waals surface area contributed by atoms with Crippen LogP contribution < -0.4 is 11.1 Å². The summed E-state index contributed by atoms with van der Waals surface area (Å²) in [5.41, 5.74) is 11.3. The van der Waals surface area contributed by atoms with Crippen molar-refractivity contribution in [3.63, 3.8) is 0 Å². The van der Waals surface area contributed by atoms with Crippen molar-refractivity contribution in [2.45, 2.75) is 92.0 Å². The minimum atomic E-state index is 0.0468. The first kappa shape index (κ1) is 22.4. The minimum Gasteiger partial charge on any atom is -0.328 e.